The zero-order chi connectivity index (χ0) is 19.6. The highest BCUT2D eigenvalue weighted by Gasteiger charge is 2.33. The Labute approximate surface area is 171 Å². The van der Waals surface area contributed by atoms with Crippen LogP contribution in [0.3, 0.4) is 0 Å². The van der Waals surface area contributed by atoms with Gasteiger partial charge in [0.05, 0.1) is 19.1 Å². The largest absolute Gasteiger partial charge is 0.378 e. The molecule has 0 saturated carbocycles. The molecule has 1 N–H and O–H groups in total. The SMILES string of the molecule is O=C(NCc1ccccc1N1CCOCC1)C1c2ccccc2-c2ccccc21. The predicted octanol–water partition coefficient (Wildman–Crippen LogP) is 3.95. The Bertz CT molecular complexity index is 995. The summed E-state index contributed by atoms with van der Waals surface area (Å²) in [5, 5.41) is 3.21. The molecular weight excluding hydrogens is 360 g/mol. The van der Waals surface area contributed by atoms with Gasteiger partial charge in [0.15, 0.2) is 0 Å². The summed E-state index contributed by atoms with van der Waals surface area (Å²) in [4.78, 5) is 15.6. The van der Waals surface area contributed by atoms with Crippen LogP contribution in [-0.4, -0.2) is 32.2 Å². The average molecular weight is 384 g/mol. The molecule has 146 valence electrons. The van der Waals surface area contributed by atoms with Gasteiger partial charge in [0, 0.05) is 25.3 Å². The van der Waals surface area contributed by atoms with Gasteiger partial charge in [-0.25, -0.2) is 0 Å². The Morgan fingerprint density at radius 3 is 2.14 bits per heavy atom. The van der Waals surface area contributed by atoms with E-state index in [4.69, 9.17) is 4.74 Å². The normalized spacial score (nSPS) is 15.7. The number of carbonyl (C=O) groups excluding carboxylic acids is 1. The molecular formula is C25H24N2O2. The molecule has 4 nitrogen and oxygen atoms in total. The monoisotopic (exact) mass is 384 g/mol. The summed E-state index contributed by atoms with van der Waals surface area (Å²) in [6.07, 6.45) is 0. The number of nitrogens with zero attached hydrogens (tertiary/aromatic N) is 1. The van der Waals surface area contributed by atoms with Gasteiger partial charge in [-0.2, -0.15) is 0 Å². The molecule has 0 spiro atoms. The average Bonchev–Trinajstić information content (AvgIpc) is 3.13. The minimum atomic E-state index is -0.252. The highest BCUT2D eigenvalue weighted by Crippen LogP contribution is 2.44. The molecule has 0 bridgehead atoms. The first-order valence-corrected chi connectivity index (χ1v) is 10.2. The standard InChI is InChI=1S/C25H24N2O2/c28-25(24-21-10-4-2-8-19(21)20-9-3-5-11-22(20)24)26-17-18-7-1-6-12-23(18)27-13-15-29-16-14-27/h1-12,24H,13-17H2,(H,26,28). The highest BCUT2D eigenvalue weighted by atomic mass is 16.5. The van der Waals surface area contributed by atoms with Crippen LogP contribution in [-0.2, 0) is 16.1 Å². The fraction of sp³-hybridized carbons (Fsp3) is 0.240. The van der Waals surface area contributed by atoms with Crippen molar-refractivity contribution < 1.29 is 9.53 Å². The van der Waals surface area contributed by atoms with E-state index in [9.17, 15) is 4.79 Å². The van der Waals surface area contributed by atoms with Crippen molar-refractivity contribution in [2.75, 3.05) is 31.2 Å². The topological polar surface area (TPSA) is 41.6 Å². The van der Waals surface area contributed by atoms with Crippen molar-refractivity contribution in [2.45, 2.75) is 12.5 Å². The molecule has 5 rings (SSSR count). The second kappa shape index (κ2) is 7.72. The van der Waals surface area contributed by atoms with E-state index in [2.05, 4.69) is 52.7 Å². The minimum absolute atomic E-state index is 0.0548. The van der Waals surface area contributed by atoms with Crippen molar-refractivity contribution in [3.63, 3.8) is 0 Å². The first-order chi connectivity index (χ1) is 14.3. The number of hydrogen-bond acceptors (Lipinski definition) is 3. The number of nitrogens with one attached hydrogen (secondary N) is 1. The van der Waals surface area contributed by atoms with Crippen LogP contribution in [0.15, 0.2) is 72.8 Å². The second-order valence-corrected chi connectivity index (χ2v) is 7.55. The number of hydrogen-bond donors (Lipinski definition) is 1. The van der Waals surface area contributed by atoms with Crippen molar-refractivity contribution in [1.82, 2.24) is 5.32 Å². The molecule has 4 heteroatoms. The molecule has 1 aliphatic heterocycles. The second-order valence-electron chi connectivity index (χ2n) is 7.55. The fourth-order valence-electron chi connectivity index (χ4n) is 4.50. The predicted molar refractivity (Wildman–Crippen MR) is 115 cm³/mol. The lowest BCUT2D eigenvalue weighted by molar-refractivity contribution is -0.121. The lowest BCUT2D eigenvalue weighted by Gasteiger charge is -2.30. The molecule has 0 unspecified atom stereocenters. The zero-order valence-corrected chi connectivity index (χ0v) is 16.3. The third kappa shape index (κ3) is 3.30. The minimum Gasteiger partial charge on any atom is -0.378 e. The lowest BCUT2D eigenvalue weighted by atomic mass is 9.96. The Hall–Kier alpha value is -3.11. The van der Waals surface area contributed by atoms with E-state index >= 15 is 0 Å². The number of para-hydroxylation sites is 1. The van der Waals surface area contributed by atoms with Gasteiger partial charge in [-0.05, 0) is 33.9 Å². The van der Waals surface area contributed by atoms with Crippen LogP contribution in [0.5, 0.6) is 0 Å². The molecule has 1 amide bonds. The first-order valence-electron chi connectivity index (χ1n) is 10.2. The van der Waals surface area contributed by atoms with E-state index in [0.717, 1.165) is 54.1 Å². The molecule has 1 heterocycles. The van der Waals surface area contributed by atoms with Gasteiger partial charge in [0.2, 0.25) is 5.91 Å². The van der Waals surface area contributed by atoms with Crippen molar-refractivity contribution in [1.29, 1.82) is 0 Å². The number of fused-ring (bicyclic) bond motifs is 3. The Morgan fingerprint density at radius 2 is 1.45 bits per heavy atom. The van der Waals surface area contributed by atoms with Gasteiger partial charge in [-0.3, -0.25) is 4.79 Å². The number of anilines is 1. The van der Waals surface area contributed by atoms with E-state index in [1.165, 1.54) is 5.69 Å². The van der Waals surface area contributed by atoms with Crippen LogP contribution in [0, 0.1) is 0 Å². The maximum Gasteiger partial charge on any atom is 0.232 e. The maximum absolute atomic E-state index is 13.3. The number of rotatable bonds is 4. The van der Waals surface area contributed by atoms with E-state index in [-0.39, 0.29) is 11.8 Å². The third-order valence-electron chi connectivity index (χ3n) is 5.89. The molecule has 29 heavy (non-hydrogen) atoms. The van der Waals surface area contributed by atoms with Gasteiger partial charge in [-0.1, -0.05) is 66.7 Å². The van der Waals surface area contributed by atoms with Crippen molar-refractivity contribution >= 4 is 11.6 Å². The van der Waals surface area contributed by atoms with Crippen LogP contribution in [0.2, 0.25) is 0 Å². The first kappa shape index (κ1) is 18.0. The lowest BCUT2D eigenvalue weighted by Crippen LogP contribution is -2.37. The van der Waals surface area contributed by atoms with Crippen molar-refractivity contribution in [3.8, 4) is 11.1 Å². The Kier molecular flexibility index (Phi) is 4.78. The van der Waals surface area contributed by atoms with E-state index in [1.54, 1.807) is 0 Å². The zero-order valence-electron chi connectivity index (χ0n) is 16.3. The van der Waals surface area contributed by atoms with Crippen LogP contribution in [0.4, 0.5) is 5.69 Å². The molecule has 1 aliphatic carbocycles. The molecule has 0 radical (unpaired) electrons. The molecule has 3 aromatic carbocycles. The molecule has 1 fully saturated rings. The van der Waals surface area contributed by atoms with Gasteiger partial charge in [0.1, 0.15) is 0 Å². The maximum atomic E-state index is 13.3. The van der Waals surface area contributed by atoms with Crippen LogP contribution < -0.4 is 10.2 Å². The van der Waals surface area contributed by atoms with Crippen LogP contribution in [0.1, 0.15) is 22.6 Å². The van der Waals surface area contributed by atoms with Crippen LogP contribution in [0.25, 0.3) is 11.1 Å². The Balaban J connectivity index is 1.38. The number of amides is 1. The van der Waals surface area contributed by atoms with E-state index < -0.39 is 0 Å². The smallest absolute Gasteiger partial charge is 0.232 e. The van der Waals surface area contributed by atoms with Crippen molar-refractivity contribution in [3.05, 3.63) is 89.5 Å². The summed E-state index contributed by atoms with van der Waals surface area (Å²) in [5.74, 6) is -0.197. The number of benzene rings is 3. The van der Waals surface area contributed by atoms with Gasteiger partial charge < -0.3 is 15.0 Å². The van der Waals surface area contributed by atoms with E-state index in [1.807, 2.05) is 30.3 Å². The molecule has 1 saturated heterocycles. The van der Waals surface area contributed by atoms with Gasteiger partial charge in [-0.15, -0.1) is 0 Å². The molecule has 3 aromatic rings. The highest BCUT2D eigenvalue weighted by molar-refractivity contribution is 5.96. The van der Waals surface area contributed by atoms with Gasteiger partial charge in [0.25, 0.3) is 0 Å². The number of ether oxygens (including phenoxy) is 1. The van der Waals surface area contributed by atoms with Crippen molar-refractivity contribution in [2.24, 2.45) is 0 Å². The van der Waals surface area contributed by atoms with Gasteiger partial charge >= 0.3 is 0 Å². The summed E-state index contributed by atoms with van der Waals surface area (Å²) in [6.45, 7) is 3.78. The summed E-state index contributed by atoms with van der Waals surface area (Å²) in [6, 6.07) is 24.8. The molecule has 0 atom stereocenters. The Morgan fingerprint density at radius 1 is 0.862 bits per heavy atom. The van der Waals surface area contributed by atoms with E-state index in [0.29, 0.717) is 6.54 Å². The molecule has 0 aromatic heterocycles. The third-order valence-corrected chi connectivity index (χ3v) is 5.89. The fourth-order valence-corrected chi connectivity index (χ4v) is 4.50. The summed E-state index contributed by atoms with van der Waals surface area (Å²) in [5.41, 5.74) is 6.83. The molecule has 2 aliphatic rings. The summed E-state index contributed by atoms with van der Waals surface area (Å²) >= 11 is 0. The number of carbonyl (C=O) groups is 1. The van der Waals surface area contributed by atoms with Crippen LogP contribution >= 0.6 is 0 Å². The number of morpholine rings is 1. The summed E-state index contributed by atoms with van der Waals surface area (Å²) in [7, 11) is 0. The summed E-state index contributed by atoms with van der Waals surface area (Å²) < 4.78 is 5.48. The quantitative estimate of drug-likeness (QED) is 0.741.